The van der Waals surface area contributed by atoms with E-state index in [-0.39, 0.29) is 18.1 Å². The topological polar surface area (TPSA) is 84.9 Å². The number of carbonyl (C=O) groups is 2. The van der Waals surface area contributed by atoms with Crippen molar-refractivity contribution in [1.29, 1.82) is 0 Å². The van der Waals surface area contributed by atoms with Crippen molar-refractivity contribution in [3.63, 3.8) is 0 Å². The Morgan fingerprint density at radius 2 is 1.57 bits per heavy atom. The second-order valence-corrected chi connectivity index (χ2v) is 12.9. The minimum absolute atomic E-state index is 0.00335. The molecule has 0 saturated heterocycles. The fraction of sp³-hybridized carbons (Fsp3) is 0.194. The van der Waals surface area contributed by atoms with E-state index in [1.165, 1.54) is 30.3 Å². The van der Waals surface area contributed by atoms with Crippen molar-refractivity contribution in [2.45, 2.75) is 31.9 Å². The van der Waals surface area contributed by atoms with Gasteiger partial charge in [-0.2, -0.15) is 13.2 Å². The fourth-order valence-corrected chi connectivity index (χ4v) is 6.48. The molecule has 0 bridgehead atoms. The van der Waals surface area contributed by atoms with Crippen molar-refractivity contribution >= 4 is 42.9 Å². The van der Waals surface area contributed by atoms with E-state index in [0.717, 1.165) is 45.3 Å². The minimum Gasteiger partial charge on any atom is -0.493 e. The Morgan fingerprint density at radius 1 is 0.915 bits per heavy atom. The Balaban J connectivity index is 1.28. The largest absolute Gasteiger partial charge is 0.493 e. The number of nitrogens with one attached hydrogen (secondary N) is 1. The molecule has 4 aromatic rings. The van der Waals surface area contributed by atoms with Gasteiger partial charge in [-0.05, 0) is 84.3 Å². The molecule has 4 aromatic carbocycles. The Labute approximate surface area is 279 Å². The summed E-state index contributed by atoms with van der Waals surface area (Å²) in [6.45, 7) is 0.185. The van der Waals surface area contributed by atoms with Crippen LogP contribution in [0.25, 0.3) is 6.08 Å². The van der Waals surface area contributed by atoms with Crippen molar-refractivity contribution in [1.82, 2.24) is 5.32 Å². The molecule has 1 aliphatic rings. The number of allylic oxidation sites excluding steroid dienone is 1. The van der Waals surface area contributed by atoms with E-state index < -0.39 is 50.8 Å². The zero-order chi connectivity index (χ0) is 33.4. The number of benzene rings is 4. The number of carbonyl (C=O) groups excluding carboxylic acids is 1. The van der Waals surface area contributed by atoms with E-state index in [1.54, 1.807) is 30.3 Å². The molecule has 5 rings (SSSR count). The second kappa shape index (κ2) is 15.4. The number of hydrogen-bond donors (Lipinski definition) is 2. The maximum atomic E-state index is 14.3. The van der Waals surface area contributed by atoms with Gasteiger partial charge in [0.2, 0.25) is 0 Å². The normalized spacial score (nSPS) is 13.8. The summed E-state index contributed by atoms with van der Waals surface area (Å²) in [5.74, 6) is -1.00. The van der Waals surface area contributed by atoms with Crippen LogP contribution in [0.15, 0.2) is 97.1 Å². The molecular formula is C36H30F4INO5. The van der Waals surface area contributed by atoms with Gasteiger partial charge in [0.15, 0.2) is 0 Å². The quantitative estimate of drug-likeness (QED) is 0.105. The van der Waals surface area contributed by atoms with Gasteiger partial charge in [0.1, 0.15) is 36.3 Å². The zero-order valence-corrected chi connectivity index (χ0v) is 27.1. The van der Waals surface area contributed by atoms with Gasteiger partial charge in [-0.1, -0.05) is 60.7 Å². The summed E-state index contributed by atoms with van der Waals surface area (Å²) in [6, 6.07) is 23.7. The van der Waals surface area contributed by atoms with Crippen LogP contribution < -0.4 is 10.1 Å². The summed E-state index contributed by atoms with van der Waals surface area (Å²) >= 11 is -0.826. The number of halogens is 5. The molecule has 1 aliphatic heterocycles. The summed E-state index contributed by atoms with van der Waals surface area (Å²) in [5, 5.41) is 12.0. The molecule has 2 N–H and O–H groups in total. The summed E-state index contributed by atoms with van der Waals surface area (Å²) in [4.78, 5) is 22.7. The molecule has 244 valence electrons. The van der Waals surface area contributed by atoms with Gasteiger partial charge in [-0.15, -0.1) is 0 Å². The van der Waals surface area contributed by atoms with Crippen LogP contribution in [0.2, 0.25) is 0 Å². The first-order chi connectivity index (χ1) is 22.5. The lowest BCUT2D eigenvalue weighted by atomic mass is 9.91. The van der Waals surface area contributed by atoms with Crippen molar-refractivity contribution in [3.8, 4) is 5.75 Å². The van der Waals surface area contributed by atoms with Crippen molar-refractivity contribution in [2.24, 2.45) is 5.92 Å². The molecule has 0 spiro atoms. The minimum atomic E-state index is -4.40. The lowest BCUT2D eigenvalue weighted by Gasteiger charge is -2.15. The van der Waals surface area contributed by atoms with E-state index in [1.807, 2.05) is 30.3 Å². The number of aryl methyl sites for hydroxylation is 1. The summed E-state index contributed by atoms with van der Waals surface area (Å²) in [6.07, 6.45) is 1.41. The number of amides is 1. The standard InChI is InChI=1S/C36H30F4INO5/c37-31-17-18-32(46-20-19-24-8-15-30(16-9-24)36(38,39)40)29(22-31)14-7-25(21-26-5-12-28(13-6-26)34(43)44)2-1-23-3-10-27(11-4-23)33-41-47-35(45)42-33/h3-18,22,25H,1-2,19-21H2,(H,42,45)(H,43,44)/b14-7+. The monoisotopic (exact) mass is 759 g/mol. The first-order valence-electron chi connectivity index (χ1n) is 14.7. The van der Waals surface area contributed by atoms with E-state index in [9.17, 15) is 32.3 Å². The van der Waals surface area contributed by atoms with Gasteiger partial charge in [-0.25, -0.2) is 14.0 Å². The van der Waals surface area contributed by atoms with Crippen molar-refractivity contribution in [2.75, 3.05) is 6.61 Å². The van der Waals surface area contributed by atoms with Crippen LogP contribution >= 0.6 is 21.1 Å². The molecular weight excluding hydrogens is 729 g/mol. The molecule has 0 aromatic heterocycles. The SMILES string of the molecule is O=C1NC(c2ccc(CCC(/C=C/c3cc(F)ccc3OCCc3ccc(C(F)(F)F)cc3)Cc3ccc(C(=O)O)cc3)cc2)=IO1. The maximum absolute atomic E-state index is 14.3. The lowest BCUT2D eigenvalue weighted by Crippen LogP contribution is -2.23. The van der Waals surface area contributed by atoms with Crippen LogP contribution in [0.4, 0.5) is 22.4 Å². The fourth-order valence-electron chi connectivity index (χ4n) is 5.00. The maximum Gasteiger partial charge on any atom is 0.421 e. The van der Waals surface area contributed by atoms with Crippen LogP contribution in [-0.4, -0.2) is 27.4 Å². The summed E-state index contributed by atoms with van der Waals surface area (Å²) < 4.78 is 64.8. The van der Waals surface area contributed by atoms with Gasteiger partial charge in [0.05, 0.1) is 17.7 Å². The number of hydrogen-bond acceptors (Lipinski definition) is 4. The van der Waals surface area contributed by atoms with Crippen molar-refractivity contribution < 1.29 is 40.1 Å². The number of alkyl halides is 3. The number of carboxylic acid groups (broad SMARTS) is 1. The van der Waals surface area contributed by atoms with Crippen molar-refractivity contribution in [3.05, 3.63) is 142 Å². The number of rotatable bonds is 13. The average molecular weight is 760 g/mol. The van der Waals surface area contributed by atoms with E-state index in [2.05, 4.69) is 5.32 Å². The van der Waals surface area contributed by atoms with Crippen LogP contribution in [0.5, 0.6) is 5.75 Å². The highest BCUT2D eigenvalue weighted by Crippen LogP contribution is 2.29. The number of ether oxygens (including phenoxy) is 1. The van der Waals surface area contributed by atoms with Gasteiger partial charge < -0.3 is 12.9 Å². The molecule has 0 aliphatic carbocycles. The smallest absolute Gasteiger partial charge is 0.421 e. The molecule has 1 amide bonds. The Kier molecular flexibility index (Phi) is 11.1. The van der Waals surface area contributed by atoms with E-state index in [4.69, 9.17) is 7.80 Å². The number of carboxylic acids is 1. The Bertz CT molecular complexity index is 1770. The molecule has 1 heterocycles. The third-order valence-corrected chi connectivity index (χ3v) is 9.51. The molecule has 0 radical (unpaired) electrons. The first-order valence-corrected chi connectivity index (χ1v) is 16.7. The molecule has 1 atom stereocenters. The first kappa shape index (κ1) is 33.8. The summed E-state index contributed by atoms with van der Waals surface area (Å²) in [5.41, 5.74) is 3.64. The van der Waals surface area contributed by atoms with E-state index >= 15 is 0 Å². The molecule has 6 nitrogen and oxygen atoms in total. The van der Waals surface area contributed by atoms with Crippen LogP contribution in [0, 0.1) is 11.7 Å². The highest BCUT2D eigenvalue weighted by molar-refractivity contribution is 14.2. The highest BCUT2D eigenvalue weighted by atomic mass is 127. The number of aromatic carboxylic acids is 1. The van der Waals surface area contributed by atoms with Crippen LogP contribution in [0.3, 0.4) is 0 Å². The van der Waals surface area contributed by atoms with Gasteiger partial charge >= 0.3 is 18.2 Å². The second-order valence-electron chi connectivity index (χ2n) is 10.9. The van der Waals surface area contributed by atoms with Gasteiger partial charge in [0.25, 0.3) is 0 Å². The predicted molar refractivity (Wildman–Crippen MR) is 179 cm³/mol. The van der Waals surface area contributed by atoms with E-state index in [0.29, 0.717) is 29.7 Å². The average Bonchev–Trinajstić information content (AvgIpc) is 3.49. The molecule has 1 unspecified atom stereocenters. The molecule has 0 saturated carbocycles. The Morgan fingerprint density at radius 3 is 2.21 bits per heavy atom. The molecule has 0 fully saturated rings. The predicted octanol–water partition coefficient (Wildman–Crippen LogP) is 8.77. The molecule has 47 heavy (non-hydrogen) atoms. The van der Waals surface area contributed by atoms with Crippen LogP contribution in [0.1, 0.15) is 50.2 Å². The van der Waals surface area contributed by atoms with Crippen LogP contribution in [-0.2, 0) is 28.5 Å². The zero-order valence-electron chi connectivity index (χ0n) is 24.9. The highest BCUT2D eigenvalue weighted by Gasteiger charge is 2.29. The molecule has 11 heteroatoms. The van der Waals surface area contributed by atoms with Gasteiger partial charge in [0, 0.05) is 17.5 Å². The third-order valence-electron chi connectivity index (χ3n) is 7.56. The van der Waals surface area contributed by atoms with Gasteiger partial charge in [-0.3, -0.25) is 5.32 Å². The lowest BCUT2D eigenvalue weighted by molar-refractivity contribution is -0.137. The summed E-state index contributed by atoms with van der Waals surface area (Å²) in [7, 11) is 0. The Hall–Kier alpha value is -4.52. The third kappa shape index (κ3) is 9.74.